The summed E-state index contributed by atoms with van der Waals surface area (Å²) in [4.78, 5) is 13.5. The first-order valence-corrected chi connectivity index (χ1v) is 8.76. The van der Waals surface area contributed by atoms with E-state index >= 15 is 0 Å². The maximum atomic E-state index is 13.9. The largest absolute Gasteiger partial charge is 0.494 e. The molecular weight excluding hydrogens is 319 g/mol. The van der Waals surface area contributed by atoms with Crippen molar-refractivity contribution >= 4 is 11.6 Å². The molecule has 1 saturated carbocycles. The Hall–Kier alpha value is -2.40. The van der Waals surface area contributed by atoms with Gasteiger partial charge in [0.2, 0.25) is 0 Å². The molecule has 1 aliphatic rings. The van der Waals surface area contributed by atoms with E-state index in [4.69, 9.17) is 4.74 Å². The molecule has 25 heavy (non-hydrogen) atoms. The third-order valence-electron chi connectivity index (χ3n) is 4.37. The molecule has 4 nitrogen and oxygen atoms in total. The van der Waals surface area contributed by atoms with Gasteiger partial charge in [-0.25, -0.2) is 4.39 Å². The second-order valence-electron chi connectivity index (χ2n) is 6.38. The maximum absolute atomic E-state index is 13.9. The molecular formula is C20H24FN2O2+. The van der Waals surface area contributed by atoms with Crippen LogP contribution in [0.5, 0.6) is 5.75 Å². The fourth-order valence-corrected chi connectivity index (χ4v) is 2.94. The van der Waals surface area contributed by atoms with Crippen LogP contribution < -0.4 is 15.0 Å². The Labute approximate surface area is 147 Å². The number of hydrogen-bond acceptors (Lipinski definition) is 2. The highest BCUT2D eigenvalue weighted by Crippen LogP contribution is 2.17. The van der Waals surface area contributed by atoms with Crippen LogP contribution in [0.3, 0.4) is 0 Å². The van der Waals surface area contributed by atoms with E-state index in [-0.39, 0.29) is 11.7 Å². The minimum Gasteiger partial charge on any atom is -0.494 e. The molecule has 0 aliphatic heterocycles. The highest BCUT2D eigenvalue weighted by atomic mass is 19.1. The molecule has 0 radical (unpaired) electrons. The van der Waals surface area contributed by atoms with Crippen molar-refractivity contribution in [2.75, 3.05) is 18.5 Å². The second-order valence-corrected chi connectivity index (χ2v) is 6.38. The lowest BCUT2D eigenvalue weighted by atomic mass is 10.2. The van der Waals surface area contributed by atoms with Crippen LogP contribution in [-0.4, -0.2) is 25.1 Å². The summed E-state index contributed by atoms with van der Waals surface area (Å²) in [6.45, 7) is 3.42. The van der Waals surface area contributed by atoms with Crippen LogP contribution in [0.4, 0.5) is 10.1 Å². The summed E-state index contributed by atoms with van der Waals surface area (Å²) < 4.78 is 19.3. The SMILES string of the molecule is CCOc1ccc(NC(=O)C[NH+](Cc2ccccc2F)C2CC2)cc1. The summed E-state index contributed by atoms with van der Waals surface area (Å²) in [6, 6.07) is 14.6. The van der Waals surface area contributed by atoms with Gasteiger partial charge >= 0.3 is 0 Å². The van der Waals surface area contributed by atoms with Gasteiger partial charge in [0, 0.05) is 24.1 Å². The monoisotopic (exact) mass is 343 g/mol. The molecule has 3 rings (SSSR count). The first-order chi connectivity index (χ1) is 12.2. The number of hydrogen-bond donors (Lipinski definition) is 2. The van der Waals surface area contributed by atoms with Gasteiger partial charge in [0.1, 0.15) is 18.1 Å². The predicted molar refractivity (Wildman–Crippen MR) is 95.2 cm³/mol. The topological polar surface area (TPSA) is 42.8 Å². The molecule has 132 valence electrons. The van der Waals surface area contributed by atoms with Gasteiger partial charge in [-0.2, -0.15) is 0 Å². The molecule has 1 aliphatic carbocycles. The van der Waals surface area contributed by atoms with E-state index in [1.165, 1.54) is 6.07 Å². The summed E-state index contributed by atoms with van der Waals surface area (Å²) in [7, 11) is 0. The van der Waals surface area contributed by atoms with E-state index in [2.05, 4.69) is 5.32 Å². The van der Waals surface area contributed by atoms with E-state index < -0.39 is 0 Å². The van der Waals surface area contributed by atoms with Crippen LogP contribution in [0.2, 0.25) is 0 Å². The quantitative estimate of drug-likeness (QED) is 0.773. The Kier molecular flexibility index (Phi) is 5.66. The van der Waals surface area contributed by atoms with Gasteiger partial charge in [-0.15, -0.1) is 0 Å². The number of quaternary nitrogens is 1. The van der Waals surface area contributed by atoms with Crippen molar-refractivity contribution in [2.45, 2.75) is 32.4 Å². The van der Waals surface area contributed by atoms with Crippen LogP contribution in [0.15, 0.2) is 48.5 Å². The van der Waals surface area contributed by atoms with Gasteiger partial charge in [0.15, 0.2) is 6.54 Å². The average molecular weight is 343 g/mol. The Bertz CT molecular complexity index is 714. The van der Waals surface area contributed by atoms with Gasteiger partial charge in [-0.05, 0) is 37.3 Å². The Morgan fingerprint density at radius 3 is 2.56 bits per heavy atom. The number of nitrogens with one attached hydrogen (secondary N) is 2. The van der Waals surface area contributed by atoms with Crippen molar-refractivity contribution in [3.8, 4) is 5.75 Å². The molecule has 2 aromatic rings. The molecule has 0 heterocycles. The van der Waals surface area contributed by atoms with E-state index in [1.807, 2.05) is 37.3 Å². The highest BCUT2D eigenvalue weighted by Gasteiger charge is 2.35. The van der Waals surface area contributed by atoms with Crippen LogP contribution in [0, 0.1) is 5.82 Å². The minimum atomic E-state index is -0.201. The minimum absolute atomic E-state index is 0.0533. The van der Waals surface area contributed by atoms with Crippen LogP contribution in [-0.2, 0) is 11.3 Å². The molecule has 1 atom stereocenters. The molecule has 1 unspecified atom stereocenters. The van der Waals surface area contributed by atoms with Gasteiger partial charge < -0.3 is 15.0 Å². The number of benzene rings is 2. The second kappa shape index (κ2) is 8.12. The predicted octanol–water partition coefficient (Wildman–Crippen LogP) is 2.41. The van der Waals surface area contributed by atoms with Crippen molar-refractivity contribution in [3.63, 3.8) is 0 Å². The Balaban J connectivity index is 1.58. The number of ether oxygens (including phenoxy) is 1. The van der Waals surface area contributed by atoms with E-state index in [0.717, 1.165) is 29.2 Å². The van der Waals surface area contributed by atoms with Crippen molar-refractivity contribution in [2.24, 2.45) is 0 Å². The fourth-order valence-electron chi connectivity index (χ4n) is 2.94. The molecule has 0 aromatic heterocycles. The number of rotatable bonds is 8. The third-order valence-corrected chi connectivity index (χ3v) is 4.37. The zero-order valence-electron chi connectivity index (χ0n) is 14.4. The average Bonchev–Trinajstić information content (AvgIpc) is 3.43. The lowest BCUT2D eigenvalue weighted by molar-refractivity contribution is -0.917. The lowest BCUT2D eigenvalue weighted by Gasteiger charge is -2.19. The van der Waals surface area contributed by atoms with Crippen LogP contribution in [0.1, 0.15) is 25.3 Å². The van der Waals surface area contributed by atoms with E-state index in [0.29, 0.717) is 31.3 Å². The van der Waals surface area contributed by atoms with E-state index in [1.54, 1.807) is 12.1 Å². The number of anilines is 1. The molecule has 0 saturated heterocycles. The summed E-state index contributed by atoms with van der Waals surface area (Å²) in [5.41, 5.74) is 1.41. The number of amides is 1. The number of carbonyl (C=O) groups is 1. The highest BCUT2D eigenvalue weighted by molar-refractivity contribution is 5.91. The fraction of sp³-hybridized carbons (Fsp3) is 0.350. The Morgan fingerprint density at radius 1 is 1.20 bits per heavy atom. The van der Waals surface area contributed by atoms with Crippen LogP contribution in [0.25, 0.3) is 0 Å². The van der Waals surface area contributed by atoms with E-state index in [9.17, 15) is 9.18 Å². The summed E-state index contributed by atoms with van der Waals surface area (Å²) >= 11 is 0. The third kappa shape index (κ3) is 5.03. The van der Waals surface area contributed by atoms with Gasteiger partial charge in [-0.1, -0.05) is 18.2 Å². The Morgan fingerprint density at radius 2 is 1.92 bits per heavy atom. The smallest absolute Gasteiger partial charge is 0.279 e. The van der Waals surface area contributed by atoms with Gasteiger partial charge in [0.25, 0.3) is 5.91 Å². The lowest BCUT2D eigenvalue weighted by Crippen LogP contribution is -3.13. The summed E-state index contributed by atoms with van der Waals surface area (Å²) in [6.07, 6.45) is 2.19. The molecule has 0 bridgehead atoms. The molecule has 1 amide bonds. The summed E-state index contributed by atoms with van der Waals surface area (Å²) in [5, 5.41) is 2.92. The van der Waals surface area contributed by atoms with Gasteiger partial charge in [-0.3, -0.25) is 4.79 Å². The maximum Gasteiger partial charge on any atom is 0.279 e. The zero-order valence-corrected chi connectivity index (χ0v) is 14.4. The van der Waals surface area contributed by atoms with Crippen molar-refractivity contribution < 1.29 is 18.8 Å². The summed E-state index contributed by atoms with van der Waals surface area (Å²) in [5.74, 6) is 0.528. The normalized spacial score (nSPS) is 14.8. The zero-order chi connectivity index (χ0) is 17.6. The standard InChI is InChI=1S/C20H23FN2O2/c1-2-25-18-11-7-16(8-12-18)22-20(24)14-23(17-9-10-17)13-15-5-3-4-6-19(15)21/h3-8,11-12,17H,2,9-10,13-14H2,1H3,(H,22,24)/p+1. The molecule has 2 aromatic carbocycles. The van der Waals surface area contributed by atoms with Crippen LogP contribution >= 0.6 is 0 Å². The van der Waals surface area contributed by atoms with Crippen molar-refractivity contribution in [1.82, 2.24) is 0 Å². The number of carbonyl (C=O) groups excluding carboxylic acids is 1. The number of halogens is 1. The molecule has 5 heteroatoms. The van der Waals surface area contributed by atoms with Gasteiger partial charge in [0.05, 0.1) is 12.6 Å². The molecule has 1 fully saturated rings. The van der Waals surface area contributed by atoms with Crippen molar-refractivity contribution in [1.29, 1.82) is 0 Å². The van der Waals surface area contributed by atoms with Crippen molar-refractivity contribution in [3.05, 3.63) is 59.9 Å². The molecule has 2 N–H and O–H groups in total. The first kappa shape index (κ1) is 17.4. The molecule has 0 spiro atoms. The first-order valence-electron chi connectivity index (χ1n) is 8.76.